The Morgan fingerprint density at radius 3 is 2.27 bits per heavy atom. The fraction of sp³-hybridized carbons (Fsp3) is 0.342. The van der Waals surface area contributed by atoms with Crippen molar-refractivity contribution in [1.82, 2.24) is 19.0 Å². The number of H-pyrrole nitrogens is 1. The summed E-state index contributed by atoms with van der Waals surface area (Å²) in [5, 5.41) is 1.12. The van der Waals surface area contributed by atoms with Crippen molar-refractivity contribution in [2.75, 3.05) is 6.54 Å². The Hall–Kier alpha value is -5.09. The zero-order chi connectivity index (χ0) is 33.4. The first-order valence-corrected chi connectivity index (χ1v) is 16.5. The normalized spacial score (nSPS) is 20.2. The van der Waals surface area contributed by atoms with E-state index >= 15 is 0 Å². The molecule has 0 saturated carbocycles. The van der Waals surface area contributed by atoms with Crippen molar-refractivity contribution in [2.24, 2.45) is 20.0 Å². The molecule has 7 rings (SSSR count). The Morgan fingerprint density at radius 2 is 1.56 bits per heavy atom. The number of hydrogen-bond acceptors (Lipinski definition) is 6. The maximum Gasteiger partial charge on any atom is 0.410 e. The zero-order valence-corrected chi connectivity index (χ0v) is 27.4. The van der Waals surface area contributed by atoms with E-state index in [1.807, 2.05) is 78.9 Å². The zero-order valence-electron chi connectivity index (χ0n) is 27.4. The van der Waals surface area contributed by atoms with Gasteiger partial charge in [-0.3, -0.25) is 18.8 Å². The summed E-state index contributed by atoms with van der Waals surface area (Å²) in [4.78, 5) is 46.4. The molecule has 0 fully saturated rings. The van der Waals surface area contributed by atoms with Gasteiger partial charge in [0.2, 0.25) is 12.2 Å². The van der Waals surface area contributed by atoms with Crippen molar-refractivity contribution >= 4 is 17.0 Å². The van der Waals surface area contributed by atoms with Gasteiger partial charge in [0.05, 0.1) is 18.2 Å². The van der Waals surface area contributed by atoms with Crippen LogP contribution in [0, 0.1) is 5.92 Å². The second-order valence-electron chi connectivity index (χ2n) is 12.7. The molecule has 4 atom stereocenters. The highest BCUT2D eigenvalue weighted by Gasteiger charge is 2.45. The third-order valence-corrected chi connectivity index (χ3v) is 9.91. The van der Waals surface area contributed by atoms with E-state index in [0.717, 1.165) is 37.9 Å². The van der Waals surface area contributed by atoms with Crippen LogP contribution in [0.1, 0.15) is 59.7 Å². The van der Waals surface area contributed by atoms with Gasteiger partial charge in [0.15, 0.2) is 0 Å². The summed E-state index contributed by atoms with van der Waals surface area (Å²) < 4.78 is 21.3. The summed E-state index contributed by atoms with van der Waals surface area (Å²) in [5.41, 5.74) is 4.52. The van der Waals surface area contributed by atoms with Crippen LogP contribution in [-0.4, -0.2) is 37.9 Å². The van der Waals surface area contributed by atoms with E-state index < -0.39 is 35.6 Å². The van der Waals surface area contributed by atoms with Crippen LogP contribution in [0.2, 0.25) is 0 Å². The number of carbonyl (C=O) groups is 1. The number of ether oxygens (including phenoxy) is 3. The van der Waals surface area contributed by atoms with Gasteiger partial charge >= 0.3 is 11.8 Å². The molecule has 1 amide bonds. The van der Waals surface area contributed by atoms with E-state index in [1.165, 1.54) is 11.6 Å². The van der Waals surface area contributed by atoms with E-state index in [0.29, 0.717) is 38.0 Å². The predicted octanol–water partition coefficient (Wildman–Crippen LogP) is 5.94. The molecule has 10 nitrogen and oxygen atoms in total. The van der Waals surface area contributed by atoms with E-state index in [1.54, 1.807) is 11.9 Å². The number of amides is 1. The number of rotatable bonds is 8. The molecule has 0 aliphatic carbocycles. The molecule has 248 valence electrons. The van der Waals surface area contributed by atoms with Crippen molar-refractivity contribution < 1.29 is 19.0 Å². The van der Waals surface area contributed by atoms with Crippen molar-refractivity contribution in [3.05, 3.63) is 134 Å². The molecule has 2 aliphatic heterocycles. The van der Waals surface area contributed by atoms with Crippen LogP contribution in [0.4, 0.5) is 4.79 Å². The topological polar surface area (TPSA) is 108 Å². The molecular weight excluding hydrogens is 608 g/mol. The smallest absolute Gasteiger partial charge is 0.410 e. The minimum Gasteiger partial charge on any atom is -0.449 e. The fourth-order valence-corrected chi connectivity index (χ4v) is 7.42. The van der Waals surface area contributed by atoms with Gasteiger partial charge in [-0.25, -0.2) is 9.59 Å². The van der Waals surface area contributed by atoms with Gasteiger partial charge in [-0.1, -0.05) is 85.8 Å². The molecule has 5 aromatic rings. The van der Waals surface area contributed by atoms with Crippen LogP contribution >= 0.6 is 0 Å². The molecule has 0 spiro atoms. The van der Waals surface area contributed by atoms with Crippen LogP contribution in [0.15, 0.2) is 94.5 Å². The molecule has 0 unspecified atom stereocenters. The number of nitrogens with one attached hydrogen (secondary N) is 1. The van der Waals surface area contributed by atoms with E-state index in [-0.39, 0.29) is 18.4 Å². The Morgan fingerprint density at radius 1 is 0.896 bits per heavy atom. The lowest BCUT2D eigenvalue weighted by molar-refractivity contribution is -0.146. The Bertz CT molecular complexity index is 2050. The van der Waals surface area contributed by atoms with Crippen LogP contribution in [0.5, 0.6) is 5.88 Å². The van der Waals surface area contributed by atoms with Crippen LogP contribution in [-0.2, 0) is 43.2 Å². The second-order valence-corrected chi connectivity index (χ2v) is 12.7. The number of aromatic amines is 1. The molecule has 0 bridgehead atoms. The van der Waals surface area contributed by atoms with Crippen LogP contribution in [0.3, 0.4) is 0 Å². The number of benzene rings is 3. The highest BCUT2D eigenvalue weighted by Crippen LogP contribution is 2.47. The molecule has 0 saturated heterocycles. The average Bonchev–Trinajstić information content (AvgIpc) is 3.51. The van der Waals surface area contributed by atoms with E-state index in [4.69, 9.17) is 14.2 Å². The maximum atomic E-state index is 14.0. The van der Waals surface area contributed by atoms with Crippen molar-refractivity contribution in [3.8, 4) is 5.88 Å². The van der Waals surface area contributed by atoms with Gasteiger partial charge in [-0.15, -0.1) is 0 Å². The lowest BCUT2D eigenvalue weighted by Crippen LogP contribution is -2.49. The van der Waals surface area contributed by atoms with Gasteiger partial charge in [0.1, 0.15) is 6.61 Å². The number of hydrogen-bond donors (Lipinski definition) is 1. The monoisotopic (exact) mass is 648 g/mol. The summed E-state index contributed by atoms with van der Waals surface area (Å²) in [6, 6.07) is 27.2. The number of nitrogens with zero attached hydrogens (tertiary/aromatic N) is 3. The number of aromatic nitrogens is 3. The fourth-order valence-electron chi connectivity index (χ4n) is 7.42. The molecule has 2 aliphatic rings. The summed E-state index contributed by atoms with van der Waals surface area (Å²) in [6.45, 7) is 2.96. The lowest BCUT2D eigenvalue weighted by atomic mass is 9.77. The minimum atomic E-state index is -0.727. The molecule has 10 heteroatoms. The van der Waals surface area contributed by atoms with Gasteiger partial charge in [0.25, 0.3) is 5.56 Å². The summed E-state index contributed by atoms with van der Waals surface area (Å²) in [7, 11) is 3.10. The van der Waals surface area contributed by atoms with Crippen molar-refractivity contribution in [2.45, 2.75) is 57.6 Å². The average molecular weight is 649 g/mol. The van der Waals surface area contributed by atoms with Crippen molar-refractivity contribution in [3.63, 3.8) is 0 Å². The summed E-state index contributed by atoms with van der Waals surface area (Å²) >= 11 is 0. The summed E-state index contributed by atoms with van der Waals surface area (Å²) in [6.07, 6.45) is 0.554. The largest absolute Gasteiger partial charge is 0.449 e. The van der Waals surface area contributed by atoms with Gasteiger partial charge < -0.3 is 19.2 Å². The Labute approximate surface area is 278 Å². The van der Waals surface area contributed by atoms with E-state index in [2.05, 4.69) is 18.0 Å². The van der Waals surface area contributed by atoms with Crippen molar-refractivity contribution in [1.29, 1.82) is 0 Å². The highest BCUT2D eigenvalue weighted by atomic mass is 16.7. The highest BCUT2D eigenvalue weighted by molar-refractivity contribution is 5.85. The van der Waals surface area contributed by atoms with E-state index in [9.17, 15) is 14.4 Å². The molecule has 0 radical (unpaired) electrons. The first-order chi connectivity index (χ1) is 23.4. The predicted molar refractivity (Wildman–Crippen MR) is 182 cm³/mol. The van der Waals surface area contributed by atoms with Crippen LogP contribution < -0.4 is 16.0 Å². The molecule has 48 heavy (non-hydrogen) atoms. The Balaban J connectivity index is 1.30. The molecule has 4 heterocycles. The van der Waals surface area contributed by atoms with Gasteiger partial charge in [-0.05, 0) is 42.0 Å². The summed E-state index contributed by atoms with van der Waals surface area (Å²) in [5.74, 6) is -0.443. The van der Waals surface area contributed by atoms with Gasteiger partial charge in [0, 0.05) is 49.1 Å². The molecule has 3 aromatic carbocycles. The van der Waals surface area contributed by atoms with Gasteiger partial charge in [-0.2, -0.15) is 0 Å². The molecule has 2 aromatic heterocycles. The Kier molecular flexibility index (Phi) is 8.66. The minimum absolute atomic E-state index is 0.151. The number of fused-ring (bicyclic) bond motifs is 4. The SMILES string of the molecule is CC[C@H]1[C@@H](OCc2ccccc2)Oc2c(c(=O)n(C)c(=O)n2C)[C@H]1C[C@H]1c2[nH]c3ccccc3c2CCN1C(=O)OCc1ccccc1. The lowest BCUT2D eigenvalue weighted by Gasteiger charge is -2.42. The maximum absolute atomic E-state index is 14.0. The standard InChI is InChI=1S/C38H40N4O6/c1-4-26-29(32-34(43)40(2)37(44)41(3)35(32)48-36(26)46-22-24-13-7-5-8-14-24)21-31-33-28(27-17-11-12-18-30(27)39-33)19-20-42(31)38(45)47-23-25-15-9-6-10-16-25/h5-18,26,29,31,36,39H,4,19-23H2,1-3H3/t26-,29+,31+,36+/m1/s1. The van der Waals surface area contributed by atoms with Crippen LogP contribution in [0.25, 0.3) is 10.9 Å². The molecular formula is C38H40N4O6. The quantitative estimate of drug-likeness (QED) is 0.223. The molecule has 1 N–H and O–H groups in total. The third-order valence-electron chi connectivity index (χ3n) is 9.91. The second kappa shape index (κ2) is 13.2. The first-order valence-electron chi connectivity index (χ1n) is 16.5. The third kappa shape index (κ3) is 5.70. The number of para-hydroxylation sites is 1. The number of carbonyl (C=O) groups excluding carboxylic acids is 1. The first kappa shape index (κ1) is 31.5.